The molecule has 0 bridgehead atoms. The smallest absolute Gasteiger partial charge is 0.263 e. The number of sulfonamides is 1. The summed E-state index contributed by atoms with van der Waals surface area (Å²) in [4.78, 5) is 4.70. The van der Waals surface area contributed by atoms with Gasteiger partial charge in [0, 0.05) is 18.7 Å². The average Bonchev–Trinajstić information content (AvgIpc) is 2.46. The van der Waals surface area contributed by atoms with Crippen LogP contribution in [0.5, 0.6) is 0 Å². The van der Waals surface area contributed by atoms with Crippen molar-refractivity contribution in [3.63, 3.8) is 0 Å². The number of aliphatic imine (C=N–C) groups is 1. The zero-order valence-corrected chi connectivity index (χ0v) is 9.29. The molecule has 0 spiro atoms. The summed E-state index contributed by atoms with van der Waals surface area (Å²) in [7, 11) is -3.39. The summed E-state index contributed by atoms with van der Waals surface area (Å²) in [5, 5.41) is 3.10. The number of hydrogen-bond acceptors (Lipinski definition) is 4. The van der Waals surface area contributed by atoms with Crippen molar-refractivity contribution in [2.24, 2.45) is 4.99 Å². The van der Waals surface area contributed by atoms with E-state index in [0.717, 1.165) is 13.1 Å². The summed E-state index contributed by atoms with van der Waals surface area (Å²) in [6, 6.07) is 7.09. The van der Waals surface area contributed by atoms with Crippen molar-refractivity contribution in [2.45, 2.75) is 10.9 Å². The van der Waals surface area contributed by atoms with E-state index in [-0.39, 0.29) is 6.04 Å². The Morgan fingerprint density at radius 3 is 2.69 bits per heavy atom. The molecule has 84 valence electrons. The van der Waals surface area contributed by atoms with Crippen LogP contribution in [0.15, 0.2) is 34.2 Å². The molecule has 0 unspecified atom stereocenters. The Balaban J connectivity index is 2.09. The van der Waals surface area contributed by atoms with Crippen LogP contribution in [0.3, 0.4) is 0 Å². The molecular weight excluding hydrogens is 226 g/mol. The molecule has 0 aliphatic carbocycles. The fraction of sp³-hybridized carbons (Fsp3) is 0.300. The first kappa shape index (κ1) is 9.80. The molecule has 0 atom stereocenters. The van der Waals surface area contributed by atoms with Gasteiger partial charge in [0.1, 0.15) is 5.84 Å². The molecule has 0 amide bonds. The standard InChI is InChI=1S/C10H11N3O2S/c14-16(15)9-4-2-1-3-8(9)10(13-16)12-7-5-11-6-7/h1-4,7,11H,5-6H2,(H,12,13). The molecule has 1 saturated heterocycles. The Morgan fingerprint density at radius 2 is 2.00 bits per heavy atom. The predicted molar refractivity (Wildman–Crippen MR) is 60.0 cm³/mol. The van der Waals surface area contributed by atoms with Crippen molar-refractivity contribution in [2.75, 3.05) is 13.1 Å². The monoisotopic (exact) mass is 237 g/mol. The molecule has 0 radical (unpaired) electrons. The largest absolute Gasteiger partial charge is 0.312 e. The number of fused-ring (bicyclic) bond motifs is 1. The highest BCUT2D eigenvalue weighted by molar-refractivity contribution is 7.90. The number of rotatable bonds is 1. The third kappa shape index (κ3) is 1.42. The lowest BCUT2D eigenvalue weighted by Gasteiger charge is -2.23. The Labute approximate surface area is 93.6 Å². The summed E-state index contributed by atoms with van der Waals surface area (Å²) in [6.07, 6.45) is 0. The zero-order chi connectivity index (χ0) is 11.2. The summed E-state index contributed by atoms with van der Waals surface area (Å²) in [6.45, 7) is 1.63. The second-order valence-corrected chi connectivity index (χ2v) is 5.54. The lowest BCUT2D eigenvalue weighted by Crippen LogP contribution is -2.46. The van der Waals surface area contributed by atoms with Crippen molar-refractivity contribution >= 4 is 15.9 Å². The van der Waals surface area contributed by atoms with Crippen molar-refractivity contribution in [3.05, 3.63) is 29.8 Å². The minimum atomic E-state index is -3.39. The molecule has 1 aromatic rings. The highest BCUT2D eigenvalue weighted by Crippen LogP contribution is 2.22. The Kier molecular flexibility index (Phi) is 2.02. The summed E-state index contributed by atoms with van der Waals surface area (Å²) < 4.78 is 26.0. The van der Waals surface area contributed by atoms with Crippen LogP contribution >= 0.6 is 0 Å². The number of benzene rings is 1. The van der Waals surface area contributed by atoms with Gasteiger partial charge in [0.15, 0.2) is 0 Å². The van der Waals surface area contributed by atoms with E-state index in [9.17, 15) is 8.42 Å². The average molecular weight is 237 g/mol. The van der Waals surface area contributed by atoms with E-state index in [1.54, 1.807) is 18.2 Å². The van der Waals surface area contributed by atoms with E-state index in [1.807, 2.05) is 6.07 Å². The highest BCUT2D eigenvalue weighted by Gasteiger charge is 2.31. The molecule has 3 rings (SSSR count). The van der Waals surface area contributed by atoms with E-state index in [2.05, 4.69) is 15.0 Å². The van der Waals surface area contributed by atoms with Crippen LogP contribution in [-0.2, 0) is 10.0 Å². The molecule has 6 heteroatoms. The quantitative estimate of drug-likeness (QED) is 0.704. The van der Waals surface area contributed by atoms with Crippen LogP contribution < -0.4 is 10.0 Å². The number of hydrogen-bond donors (Lipinski definition) is 2. The third-order valence-electron chi connectivity index (χ3n) is 2.73. The van der Waals surface area contributed by atoms with Gasteiger partial charge in [-0.05, 0) is 12.1 Å². The van der Waals surface area contributed by atoms with E-state index in [4.69, 9.17) is 0 Å². The molecule has 1 fully saturated rings. The van der Waals surface area contributed by atoms with E-state index in [0.29, 0.717) is 16.3 Å². The number of amidine groups is 1. The van der Waals surface area contributed by atoms with Crippen LogP contribution in [-0.4, -0.2) is 33.4 Å². The molecule has 1 aromatic carbocycles. The fourth-order valence-electron chi connectivity index (χ4n) is 1.78. The molecule has 2 aliphatic rings. The lowest BCUT2D eigenvalue weighted by atomic mass is 10.1. The molecule has 2 aliphatic heterocycles. The zero-order valence-electron chi connectivity index (χ0n) is 8.47. The molecule has 0 saturated carbocycles. The maximum Gasteiger partial charge on any atom is 0.263 e. The molecule has 5 nitrogen and oxygen atoms in total. The van der Waals surface area contributed by atoms with Gasteiger partial charge in [0.2, 0.25) is 0 Å². The number of nitrogens with zero attached hydrogens (tertiary/aromatic N) is 1. The second kappa shape index (κ2) is 3.29. The summed E-state index contributed by atoms with van der Waals surface area (Å²) in [5.41, 5.74) is 0.675. The normalized spacial score (nSPS) is 24.9. The Morgan fingerprint density at radius 1 is 1.25 bits per heavy atom. The topological polar surface area (TPSA) is 70.6 Å². The SMILES string of the molecule is O=S1(=O)NC(=NC2CNC2)c2ccccc21. The van der Waals surface area contributed by atoms with Gasteiger partial charge in [-0.3, -0.25) is 9.71 Å². The summed E-state index contributed by atoms with van der Waals surface area (Å²) >= 11 is 0. The Bertz CT molecular complexity index is 561. The minimum absolute atomic E-state index is 0.184. The maximum absolute atomic E-state index is 11.7. The van der Waals surface area contributed by atoms with E-state index in [1.165, 1.54) is 0 Å². The van der Waals surface area contributed by atoms with E-state index >= 15 is 0 Å². The first-order valence-electron chi connectivity index (χ1n) is 5.07. The molecule has 16 heavy (non-hydrogen) atoms. The lowest BCUT2D eigenvalue weighted by molar-refractivity contribution is 0.447. The van der Waals surface area contributed by atoms with Gasteiger partial charge in [-0.15, -0.1) is 0 Å². The van der Waals surface area contributed by atoms with Crippen LogP contribution in [0, 0.1) is 0 Å². The van der Waals surface area contributed by atoms with Crippen molar-refractivity contribution in [1.82, 2.24) is 10.0 Å². The number of nitrogens with one attached hydrogen (secondary N) is 2. The first-order chi connectivity index (χ1) is 7.67. The van der Waals surface area contributed by atoms with Gasteiger partial charge < -0.3 is 5.32 Å². The van der Waals surface area contributed by atoms with Gasteiger partial charge in [0.25, 0.3) is 10.0 Å². The maximum atomic E-state index is 11.7. The van der Waals surface area contributed by atoms with Crippen LogP contribution in [0.1, 0.15) is 5.56 Å². The fourth-order valence-corrected chi connectivity index (χ4v) is 3.02. The van der Waals surface area contributed by atoms with Gasteiger partial charge in [0.05, 0.1) is 10.9 Å². The molecule has 2 heterocycles. The minimum Gasteiger partial charge on any atom is -0.312 e. The second-order valence-electron chi connectivity index (χ2n) is 3.89. The first-order valence-corrected chi connectivity index (χ1v) is 6.56. The van der Waals surface area contributed by atoms with Crippen molar-refractivity contribution < 1.29 is 8.42 Å². The predicted octanol–water partition coefficient (Wildman–Crippen LogP) is -0.303. The molecular formula is C10H11N3O2S. The third-order valence-corrected chi connectivity index (χ3v) is 4.13. The molecule has 0 aromatic heterocycles. The Hall–Kier alpha value is -1.40. The molecule has 2 N–H and O–H groups in total. The van der Waals surface area contributed by atoms with Gasteiger partial charge in [-0.2, -0.15) is 0 Å². The highest BCUT2D eigenvalue weighted by atomic mass is 32.2. The van der Waals surface area contributed by atoms with Crippen molar-refractivity contribution in [1.29, 1.82) is 0 Å². The van der Waals surface area contributed by atoms with Crippen LogP contribution in [0.2, 0.25) is 0 Å². The summed E-state index contributed by atoms with van der Waals surface area (Å²) in [5.74, 6) is 0.474. The van der Waals surface area contributed by atoms with E-state index < -0.39 is 10.0 Å². The van der Waals surface area contributed by atoms with Gasteiger partial charge >= 0.3 is 0 Å². The van der Waals surface area contributed by atoms with Gasteiger partial charge in [-0.1, -0.05) is 12.1 Å². The van der Waals surface area contributed by atoms with Crippen LogP contribution in [0.4, 0.5) is 0 Å². The van der Waals surface area contributed by atoms with Crippen LogP contribution in [0.25, 0.3) is 0 Å². The van der Waals surface area contributed by atoms with Gasteiger partial charge in [-0.25, -0.2) is 8.42 Å². The van der Waals surface area contributed by atoms with Crippen molar-refractivity contribution in [3.8, 4) is 0 Å².